The fourth-order valence-electron chi connectivity index (χ4n) is 3.13. The number of hydrogen-bond donors (Lipinski definition) is 1. The minimum Gasteiger partial charge on any atom is -0.342 e. The zero-order chi connectivity index (χ0) is 20.1. The quantitative estimate of drug-likeness (QED) is 0.752. The lowest BCUT2D eigenvalue weighted by Crippen LogP contribution is -2.60. The lowest BCUT2D eigenvalue weighted by Gasteiger charge is -2.41. The van der Waals surface area contributed by atoms with Crippen molar-refractivity contribution in [3.05, 3.63) is 35.9 Å². The molecular weight excluding hydrogens is 389 g/mol. The fourth-order valence-corrected chi connectivity index (χ4v) is 3.26. The summed E-state index contributed by atoms with van der Waals surface area (Å²) in [6, 6.07) is 8.25. The summed E-state index contributed by atoms with van der Waals surface area (Å²) in [5.41, 5.74) is 0.631. The Morgan fingerprint density at radius 1 is 1.11 bits per heavy atom. The van der Waals surface area contributed by atoms with Crippen LogP contribution in [-0.4, -0.2) is 64.1 Å². The molecule has 3 amide bonds. The maximum absolute atomic E-state index is 12.9. The summed E-state index contributed by atoms with van der Waals surface area (Å²) in [4.78, 5) is 39.6. The summed E-state index contributed by atoms with van der Waals surface area (Å²) in [6.07, 6.45) is 0. The maximum Gasteiger partial charge on any atom is 0.254 e. The molecule has 2 unspecified atom stereocenters. The van der Waals surface area contributed by atoms with Crippen LogP contribution >= 0.6 is 23.2 Å². The van der Waals surface area contributed by atoms with Gasteiger partial charge in [0.25, 0.3) is 11.8 Å². The molecule has 1 aromatic carbocycles. The summed E-state index contributed by atoms with van der Waals surface area (Å²) >= 11 is 11.2. The van der Waals surface area contributed by atoms with Gasteiger partial charge < -0.3 is 15.1 Å². The summed E-state index contributed by atoms with van der Waals surface area (Å²) in [7, 11) is 0. The summed E-state index contributed by atoms with van der Waals surface area (Å²) in [5.74, 6) is -0.939. The predicted octanol–water partition coefficient (Wildman–Crippen LogP) is 2.30. The Kier molecular flexibility index (Phi) is 7.50. The van der Waals surface area contributed by atoms with Crippen LogP contribution < -0.4 is 5.32 Å². The van der Waals surface area contributed by atoms with E-state index in [4.69, 9.17) is 23.2 Å². The zero-order valence-corrected chi connectivity index (χ0v) is 17.2. The van der Waals surface area contributed by atoms with Gasteiger partial charge >= 0.3 is 0 Å². The monoisotopic (exact) mass is 413 g/mol. The number of nitrogens with one attached hydrogen (secondary N) is 1. The third kappa shape index (κ3) is 5.36. The number of rotatable bonds is 5. The van der Waals surface area contributed by atoms with Crippen molar-refractivity contribution in [1.29, 1.82) is 0 Å². The number of hydrogen-bond acceptors (Lipinski definition) is 3. The van der Waals surface area contributed by atoms with Crippen LogP contribution in [0, 0.1) is 5.92 Å². The SMILES string of the molecule is CC(C)C(NC(=O)C(Cl)Cl)C(=O)N1CCN(C(=O)c2ccccc2)C(C)C1. The summed E-state index contributed by atoms with van der Waals surface area (Å²) < 4.78 is 0. The van der Waals surface area contributed by atoms with Crippen LogP contribution in [0.1, 0.15) is 31.1 Å². The van der Waals surface area contributed by atoms with Crippen molar-refractivity contribution in [1.82, 2.24) is 15.1 Å². The van der Waals surface area contributed by atoms with Crippen LogP contribution in [0.3, 0.4) is 0 Å². The molecule has 1 N–H and O–H groups in total. The number of alkyl halides is 2. The van der Waals surface area contributed by atoms with Crippen molar-refractivity contribution in [3.63, 3.8) is 0 Å². The van der Waals surface area contributed by atoms with Crippen LogP contribution in [0.5, 0.6) is 0 Å². The number of halogens is 2. The second kappa shape index (κ2) is 9.42. The molecule has 2 atom stereocenters. The highest BCUT2D eigenvalue weighted by atomic mass is 35.5. The van der Waals surface area contributed by atoms with Crippen molar-refractivity contribution in [2.24, 2.45) is 5.92 Å². The van der Waals surface area contributed by atoms with Gasteiger partial charge in [0, 0.05) is 31.2 Å². The van der Waals surface area contributed by atoms with Crippen LogP contribution in [-0.2, 0) is 9.59 Å². The number of amides is 3. The van der Waals surface area contributed by atoms with E-state index < -0.39 is 16.8 Å². The van der Waals surface area contributed by atoms with E-state index in [1.54, 1.807) is 21.9 Å². The number of benzene rings is 1. The molecule has 2 rings (SSSR count). The van der Waals surface area contributed by atoms with Gasteiger partial charge in [-0.25, -0.2) is 0 Å². The topological polar surface area (TPSA) is 69.7 Å². The Hall–Kier alpha value is -1.79. The van der Waals surface area contributed by atoms with Crippen molar-refractivity contribution >= 4 is 40.9 Å². The molecule has 1 fully saturated rings. The van der Waals surface area contributed by atoms with Crippen molar-refractivity contribution in [2.75, 3.05) is 19.6 Å². The first-order valence-electron chi connectivity index (χ1n) is 8.95. The van der Waals surface area contributed by atoms with Gasteiger partial charge in [-0.15, -0.1) is 0 Å². The van der Waals surface area contributed by atoms with Crippen LogP contribution in [0.2, 0.25) is 0 Å². The Labute approximate surface area is 169 Å². The molecule has 1 heterocycles. The molecule has 1 aliphatic heterocycles. The number of piperazine rings is 1. The first-order chi connectivity index (χ1) is 12.7. The molecule has 0 radical (unpaired) electrons. The lowest BCUT2D eigenvalue weighted by atomic mass is 10.0. The van der Waals surface area contributed by atoms with E-state index in [1.807, 2.05) is 39.0 Å². The fraction of sp³-hybridized carbons (Fsp3) is 0.526. The van der Waals surface area contributed by atoms with Crippen molar-refractivity contribution in [2.45, 2.75) is 37.7 Å². The summed E-state index contributed by atoms with van der Waals surface area (Å²) in [6.45, 7) is 6.86. The molecule has 1 aliphatic rings. The highest BCUT2D eigenvalue weighted by Gasteiger charge is 2.35. The van der Waals surface area contributed by atoms with Gasteiger partial charge in [-0.3, -0.25) is 14.4 Å². The number of nitrogens with zero attached hydrogens (tertiary/aromatic N) is 2. The van der Waals surface area contributed by atoms with Crippen LogP contribution in [0.15, 0.2) is 30.3 Å². The Balaban J connectivity index is 2.04. The summed E-state index contributed by atoms with van der Waals surface area (Å²) in [5, 5.41) is 2.61. The molecule has 0 aromatic heterocycles. The molecule has 0 saturated carbocycles. The zero-order valence-electron chi connectivity index (χ0n) is 15.7. The molecule has 148 valence electrons. The molecule has 0 aliphatic carbocycles. The van der Waals surface area contributed by atoms with E-state index in [1.165, 1.54) is 0 Å². The highest BCUT2D eigenvalue weighted by Crippen LogP contribution is 2.17. The largest absolute Gasteiger partial charge is 0.342 e. The standard InChI is InChI=1S/C19H25Cl2N3O3/c1-12(2)15(22-17(25)16(20)21)19(27)23-9-10-24(13(3)11-23)18(26)14-7-5-4-6-8-14/h4-8,12-13,15-16H,9-11H2,1-3H3,(H,22,25). The Morgan fingerprint density at radius 2 is 1.74 bits per heavy atom. The van der Waals surface area contributed by atoms with Gasteiger partial charge in [-0.05, 0) is 25.0 Å². The first-order valence-corrected chi connectivity index (χ1v) is 9.83. The van der Waals surface area contributed by atoms with Gasteiger partial charge in [0.05, 0.1) is 0 Å². The van der Waals surface area contributed by atoms with E-state index >= 15 is 0 Å². The average molecular weight is 414 g/mol. The second-order valence-corrected chi connectivity index (χ2v) is 8.13. The molecule has 1 saturated heterocycles. The van der Waals surface area contributed by atoms with Gasteiger partial charge in [-0.2, -0.15) is 0 Å². The molecule has 27 heavy (non-hydrogen) atoms. The molecule has 1 aromatic rings. The van der Waals surface area contributed by atoms with E-state index in [-0.39, 0.29) is 23.8 Å². The van der Waals surface area contributed by atoms with E-state index in [9.17, 15) is 14.4 Å². The van der Waals surface area contributed by atoms with Gasteiger partial charge in [0.15, 0.2) is 4.84 Å². The lowest BCUT2D eigenvalue weighted by molar-refractivity contribution is -0.139. The second-order valence-electron chi connectivity index (χ2n) is 7.03. The molecule has 0 bridgehead atoms. The Bertz CT molecular complexity index is 682. The van der Waals surface area contributed by atoms with E-state index in [0.29, 0.717) is 25.2 Å². The van der Waals surface area contributed by atoms with Crippen LogP contribution in [0.25, 0.3) is 0 Å². The maximum atomic E-state index is 12.9. The average Bonchev–Trinajstić information content (AvgIpc) is 2.65. The Morgan fingerprint density at radius 3 is 2.26 bits per heavy atom. The number of carbonyl (C=O) groups is 3. The van der Waals surface area contributed by atoms with Crippen LogP contribution in [0.4, 0.5) is 0 Å². The highest BCUT2D eigenvalue weighted by molar-refractivity contribution is 6.53. The third-order valence-corrected chi connectivity index (χ3v) is 5.05. The van der Waals surface area contributed by atoms with Crippen molar-refractivity contribution < 1.29 is 14.4 Å². The molecule has 8 heteroatoms. The van der Waals surface area contributed by atoms with Gasteiger partial charge in [0.2, 0.25) is 5.91 Å². The van der Waals surface area contributed by atoms with E-state index in [2.05, 4.69) is 5.32 Å². The molecule has 6 nitrogen and oxygen atoms in total. The first kappa shape index (κ1) is 21.5. The third-order valence-electron chi connectivity index (χ3n) is 4.65. The normalized spacial score (nSPS) is 18.6. The van der Waals surface area contributed by atoms with E-state index in [0.717, 1.165) is 0 Å². The smallest absolute Gasteiger partial charge is 0.254 e. The van der Waals surface area contributed by atoms with Crippen molar-refractivity contribution in [3.8, 4) is 0 Å². The van der Waals surface area contributed by atoms with Gasteiger partial charge in [0.1, 0.15) is 6.04 Å². The predicted molar refractivity (Wildman–Crippen MR) is 106 cm³/mol. The molecular formula is C19H25Cl2N3O3. The van der Waals surface area contributed by atoms with Gasteiger partial charge in [-0.1, -0.05) is 55.2 Å². The minimum atomic E-state index is -1.22. The minimum absolute atomic E-state index is 0.0453. The molecule has 0 spiro atoms. The number of carbonyl (C=O) groups excluding carboxylic acids is 3.